The summed E-state index contributed by atoms with van der Waals surface area (Å²) < 4.78 is 0. The van der Waals surface area contributed by atoms with E-state index in [2.05, 4.69) is 12.6 Å². The number of carbonyl (C=O) groups is 1. The Morgan fingerprint density at radius 2 is 1.94 bits per heavy atom. The summed E-state index contributed by atoms with van der Waals surface area (Å²) in [6.07, 6.45) is 3.26. The van der Waals surface area contributed by atoms with Crippen LogP contribution in [0.5, 0.6) is 0 Å². The van der Waals surface area contributed by atoms with Crippen molar-refractivity contribution in [2.45, 2.75) is 48.8 Å². The second kappa shape index (κ2) is 4.59. The number of benzene rings is 1. The summed E-state index contributed by atoms with van der Waals surface area (Å²) in [6, 6.07) is 7.82. The number of rotatable bonds is 1. The van der Waals surface area contributed by atoms with Crippen LogP contribution in [-0.2, 0) is 0 Å². The molecule has 2 atom stereocenters. The van der Waals surface area contributed by atoms with Crippen LogP contribution in [0, 0.1) is 0 Å². The Hall–Kier alpha value is -1.00. The lowest BCUT2D eigenvalue weighted by molar-refractivity contribution is 0.0286. The predicted molar refractivity (Wildman–Crippen MR) is 71.9 cm³/mol. The third kappa shape index (κ3) is 2.04. The van der Waals surface area contributed by atoms with E-state index < -0.39 is 0 Å². The van der Waals surface area contributed by atoms with Crippen molar-refractivity contribution in [1.29, 1.82) is 0 Å². The third-order valence-electron chi connectivity index (χ3n) is 4.04. The van der Waals surface area contributed by atoms with Gasteiger partial charge in [0.2, 0.25) is 0 Å². The van der Waals surface area contributed by atoms with Gasteiger partial charge in [0.25, 0.3) is 5.91 Å². The van der Waals surface area contributed by atoms with Crippen LogP contribution in [0.1, 0.15) is 36.0 Å². The maximum absolute atomic E-state index is 12.5. The first-order chi connectivity index (χ1) is 8.65. The monoisotopic (exact) mass is 263 g/mol. The average molecular weight is 263 g/mol. The number of thiol groups is 1. The number of piperidine rings is 1. The van der Waals surface area contributed by atoms with Gasteiger partial charge in [-0.15, -0.1) is 12.6 Å². The Balaban J connectivity index is 1.85. The molecule has 1 aromatic carbocycles. The molecule has 0 spiro atoms. The van der Waals surface area contributed by atoms with E-state index in [9.17, 15) is 9.90 Å². The van der Waals surface area contributed by atoms with Crippen LogP contribution in [0.15, 0.2) is 29.2 Å². The summed E-state index contributed by atoms with van der Waals surface area (Å²) in [7, 11) is 0. The van der Waals surface area contributed by atoms with E-state index in [1.54, 1.807) is 0 Å². The summed E-state index contributed by atoms with van der Waals surface area (Å²) in [4.78, 5) is 15.3. The summed E-state index contributed by atoms with van der Waals surface area (Å²) in [5, 5.41) is 9.75. The molecule has 2 heterocycles. The second-order valence-electron chi connectivity index (χ2n) is 5.27. The fourth-order valence-corrected chi connectivity index (χ4v) is 3.49. The van der Waals surface area contributed by atoms with Crippen molar-refractivity contribution in [2.24, 2.45) is 0 Å². The van der Waals surface area contributed by atoms with Crippen LogP contribution in [0.25, 0.3) is 0 Å². The summed E-state index contributed by atoms with van der Waals surface area (Å²) in [6.45, 7) is 0. The zero-order valence-corrected chi connectivity index (χ0v) is 11.0. The van der Waals surface area contributed by atoms with Gasteiger partial charge in [0.15, 0.2) is 0 Å². The van der Waals surface area contributed by atoms with E-state index in [4.69, 9.17) is 0 Å². The Labute approximate surface area is 112 Å². The molecule has 0 radical (unpaired) electrons. The third-order valence-corrected chi connectivity index (χ3v) is 4.31. The van der Waals surface area contributed by atoms with Crippen molar-refractivity contribution in [1.82, 2.24) is 4.90 Å². The van der Waals surface area contributed by atoms with Crippen molar-refractivity contribution in [3.63, 3.8) is 0 Å². The van der Waals surface area contributed by atoms with Gasteiger partial charge < -0.3 is 10.0 Å². The maximum atomic E-state index is 12.5. The predicted octanol–water partition coefficient (Wildman–Crippen LogP) is 2.10. The molecule has 4 heteroatoms. The van der Waals surface area contributed by atoms with Gasteiger partial charge in [0.05, 0.1) is 6.10 Å². The molecule has 1 N–H and O–H groups in total. The number of fused-ring (bicyclic) bond motifs is 2. The first-order valence-electron chi connectivity index (χ1n) is 6.45. The lowest BCUT2D eigenvalue weighted by atomic mass is 9.99. The van der Waals surface area contributed by atoms with Crippen LogP contribution in [0.4, 0.5) is 0 Å². The molecular weight excluding hydrogens is 246 g/mol. The Morgan fingerprint density at radius 1 is 1.28 bits per heavy atom. The first kappa shape index (κ1) is 12.1. The molecule has 1 amide bonds. The molecule has 2 aliphatic rings. The number of aliphatic hydroxyl groups excluding tert-OH is 1. The average Bonchev–Trinajstić information content (AvgIpc) is 2.61. The minimum atomic E-state index is -0.234. The molecule has 2 bridgehead atoms. The zero-order chi connectivity index (χ0) is 12.7. The molecule has 2 saturated heterocycles. The van der Waals surface area contributed by atoms with E-state index in [-0.39, 0.29) is 24.1 Å². The fourth-order valence-electron chi connectivity index (χ4n) is 3.27. The fraction of sp³-hybridized carbons (Fsp3) is 0.500. The van der Waals surface area contributed by atoms with Crippen LogP contribution in [0.2, 0.25) is 0 Å². The lowest BCUT2D eigenvalue weighted by Gasteiger charge is -2.37. The highest BCUT2D eigenvalue weighted by Gasteiger charge is 2.42. The molecule has 3 rings (SSSR count). The topological polar surface area (TPSA) is 40.5 Å². The zero-order valence-electron chi connectivity index (χ0n) is 10.1. The van der Waals surface area contributed by atoms with Gasteiger partial charge >= 0.3 is 0 Å². The largest absolute Gasteiger partial charge is 0.393 e. The molecule has 96 valence electrons. The molecule has 2 unspecified atom stereocenters. The van der Waals surface area contributed by atoms with Crippen LogP contribution in [-0.4, -0.2) is 34.1 Å². The Morgan fingerprint density at radius 3 is 2.56 bits per heavy atom. The van der Waals surface area contributed by atoms with E-state index in [0.717, 1.165) is 30.6 Å². The number of aliphatic hydroxyl groups is 1. The van der Waals surface area contributed by atoms with E-state index in [1.165, 1.54) is 0 Å². The number of amides is 1. The van der Waals surface area contributed by atoms with Crippen LogP contribution in [0.3, 0.4) is 0 Å². The second-order valence-corrected chi connectivity index (χ2v) is 5.79. The van der Waals surface area contributed by atoms with Gasteiger partial charge in [-0.3, -0.25) is 4.79 Å². The first-order valence-corrected chi connectivity index (χ1v) is 6.89. The molecule has 1 aromatic rings. The molecular formula is C14H17NO2S. The minimum absolute atomic E-state index is 0.0882. The minimum Gasteiger partial charge on any atom is -0.393 e. The number of hydrogen-bond donors (Lipinski definition) is 2. The molecule has 3 nitrogen and oxygen atoms in total. The summed E-state index contributed by atoms with van der Waals surface area (Å²) >= 11 is 4.28. The van der Waals surface area contributed by atoms with Crippen molar-refractivity contribution in [3.8, 4) is 0 Å². The van der Waals surface area contributed by atoms with Gasteiger partial charge in [0, 0.05) is 22.5 Å². The highest BCUT2D eigenvalue weighted by atomic mass is 32.1. The van der Waals surface area contributed by atoms with Gasteiger partial charge in [-0.25, -0.2) is 0 Å². The Kier molecular flexibility index (Phi) is 3.08. The number of nitrogens with zero attached hydrogens (tertiary/aromatic N) is 1. The summed E-state index contributed by atoms with van der Waals surface area (Å²) in [5.74, 6) is 0.0882. The van der Waals surface area contributed by atoms with Crippen molar-refractivity contribution in [3.05, 3.63) is 29.8 Å². The van der Waals surface area contributed by atoms with Gasteiger partial charge in [-0.1, -0.05) is 6.07 Å². The maximum Gasteiger partial charge on any atom is 0.254 e. The summed E-state index contributed by atoms with van der Waals surface area (Å²) in [5.41, 5.74) is 0.704. The standard InChI is InChI=1S/C14H17NO2S/c16-12-7-10-4-5-11(8-12)15(10)14(17)9-2-1-3-13(18)6-9/h1-3,6,10-12,16,18H,4-5,7-8H2. The molecule has 2 fully saturated rings. The van der Waals surface area contributed by atoms with Crippen molar-refractivity contribution in [2.75, 3.05) is 0 Å². The van der Waals surface area contributed by atoms with Crippen molar-refractivity contribution < 1.29 is 9.90 Å². The normalized spacial score (nSPS) is 30.6. The Bertz CT molecular complexity index is 463. The van der Waals surface area contributed by atoms with Gasteiger partial charge in [-0.05, 0) is 43.9 Å². The molecule has 0 saturated carbocycles. The van der Waals surface area contributed by atoms with E-state index in [1.807, 2.05) is 29.2 Å². The molecule has 18 heavy (non-hydrogen) atoms. The molecule has 0 aliphatic carbocycles. The van der Waals surface area contributed by atoms with Crippen molar-refractivity contribution >= 4 is 18.5 Å². The molecule has 2 aliphatic heterocycles. The van der Waals surface area contributed by atoms with Gasteiger partial charge in [0.1, 0.15) is 0 Å². The highest BCUT2D eigenvalue weighted by Crippen LogP contribution is 2.36. The number of carbonyl (C=O) groups excluding carboxylic acids is 1. The lowest BCUT2D eigenvalue weighted by Crippen LogP contribution is -2.48. The highest BCUT2D eigenvalue weighted by molar-refractivity contribution is 7.80. The van der Waals surface area contributed by atoms with Crippen LogP contribution >= 0.6 is 12.6 Å². The quantitative estimate of drug-likeness (QED) is 0.762. The molecule has 0 aromatic heterocycles. The van der Waals surface area contributed by atoms with Gasteiger partial charge in [-0.2, -0.15) is 0 Å². The SMILES string of the molecule is O=C(c1cccc(S)c1)N1C2CCC1CC(O)C2. The smallest absolute Gasteiger partial charge is 0.254 e. The van der Waals surface area contributed by atoms with E-state index in [0.29, 0.717) is 5.56 Å². The van der Waals surface area contributed by atoms with Crippen LogP contribution < -0.4 is 0 Å². The number of hydrogen-bond acceptors (Lipinski definition) is 3. The van der Waals surface area contributed by atoms with E-state index >= 15 is 0 Å².